The van der Waals surface area contributed by atoms with E-state index in [1.54, 1.807) is 6.92 Å². The summed E-state index contributed by atoms with van der Waals surface area (Å²) < 4.78 is 61.7. The zero-order valence-electron chi connectivity index (χ0n) is 19.7. The molecule has 0 bridgehead atoms. The first-order chi connectivity index (χ1) is 17.3. The van der Waals surface area contributed by atoms with Gasteiger partial charge in [0.05, 0.1) is 36.7 Å². The van der Waals surface area contributed by atoms with Gasteiger partial charge in [0.25, 0.3) is 0 Å². The summed E-state index contributed by atoms with van der Waals surface area (Å²) in [7, 11) is 0. The third-order valence-electron chi connectivity index (χ3n) is 6.62. The Bertz CT molecular complexity index is 1370. The number of fused-ring (bicyclic) bond motifs is 1. The first-order valence-electron chi connectivity index (χ1n) is 11.9. The molecule has 0 aliphatic carbocycles. The number of esters is 1. The summed E-state index contributed by atoms with van der Waals surface area (Å²) in [5.74, 6) is -3.94. The summed E-state index contributed by atoms with van der Waals surface area (Å²) in [6.07, 6.45) is 3.04. The van der Waals surface area contributed by atoms with Gasteiger partial charge in [0.15, 0.2) is 5.79 Å². The SMILES string of the molecule is CCOC(=O)c1cn(-c2ccc(F)cc2F)c2cc(N3CCC4(CC3)OCCCO4)c(F)cc2c1=O. The van der Waals surface area contributed by atoms with Crippen molar-refractivity contribution in [1.29, 1.82) is 0 Å². The van der Waals surface area contributed by atoms with Gasteiger partial charge >= 0.3 is 5.97 Å². The summed E-state index contributed by atoms with van der Waals surface area (Å²) in [5, 5.41) is -0.127. The van der Waals surface area contributed by atoms with Crippen LogP contribution in [-0.4, -0.2) is 49.2 Å². The molecule has 190 valence electrons. The Morgan fingerprint density at radius 3 is 2.39 bits per heavy atom. The van der Waals surface area contributed by atoms with Crippen LogP contribution in [0.4, 0.5) is 18.9 Å². The number of halogens is 3. The van der Waals surface area contributed by atoms with Crippen LogP contribution in [0, 0.1) is 17.5 Å². The van der Waals surface area contributed by atoms with Crippen LogP contribution in [0.15, 0.2) is 41.3 Å². The van der Waals surface area contributed by atoms with Gasteiger partial charge in [-0.15, -0.1) is 0 Å². The zero-order valence-corrected chi connectivity index (χ0v) is 19.7. The molecule has 0 amide bonds. The number of aromatic nitrogens is 1. The number of hydrogen-bond donors (Lipinski definition) is 0. The molecule has 1 aromatic heterocycles. The first-order valence-corrected chi connectivity index (χ1v) is 11.9. The van der Waals surface area contributed by atoms with Crippen molar-refractivity contribution in [2.75, 3.05) is 37.8 Å². The fraction of sp³-hybridized carbons (Fsp3) is 0.385. The number of ether oxygens (including phenoxy) is 3. The Morgan fingerprint density at radius 2 is 1.72 bits per heavy atom. The van der Waals surface area contributed by atoms with Crippen molar-refractivity contribution in [1.82, 2.24) is 4.57 Å². The van der Waals surface area contributed by atoms with Crippen LogP contribution in [0.5, 0.6) is 0 Å². The lowest BCUT2D eigenvalue weighted by atomic mass is 10.0. The number of pyridine rings is 1. The van der Waals surface area contributed by atoms with E-state index in [0.717, 1.165) is 24.8 Å². The predicted octanol–water partition coefficient (Wildman–Crippen LogP) is 4.32. The van der Waals surface area contributed by atoms with E-state index >= 15 is 4.39 Å². The number of hydrogen-bond acceptors (Lipinski definition) is 6. The van der Waals surface area contributed by atoms with Crippen LogP contribution < -0.4 is 10.3 Å². The van der Waals surface area contributed by atoms with Gasteiger partial charge in [-0.2, -0.15) is 0 Å². The normalized spacial score (nSPS) is 17.5. The van der Waals surface area contributed by atoms with Gasteiger partial charge < -0.3 is 23.7 Å². The monoisotopic (exact) mass is 502 g/mol. The fourth-order valence-corrected chi connectivity index (χ4v) is 4.80. The average Bonchev–Trinajstić information content (AvgIpc) is 2.86. The second-order valence-electron chi connectivity index (χ2n) is 8.83. The van der Waals surface area contributed by atoms with E-state index in [4.69, 9.17) is 14.2 Å². The van der Waals surface area contributed by atoms with Crippen molar-refractivity contribution in [2.24, 2.45) is 0 Å². The van der Waals surface area contributed by atoms with Gasteiger partial charge in [-0.05, 0) is 37.6 Å². The minimum absolute atomic E-state index is 0.0123. The van der Waals surface area contributed by atoms with Gasteiger partial charge in [-0.1, -0.05) is 0 Å². The molecule has 36 heavy (non-hydrogen) atoms. The van der Waals surface area contributed by atoms with E-state index in [9.17, 15) is 18.4 Å². The number of carbonyl (C=O) groups is 1. The first kappa shape index (κ1) is 24.3. The van der Waals surface area contributed by atoms with Crippen molar-refractivity contribution >= 4 is 22.6 Å². The summed E-state index contributed by atoms with van der Waals surface area (Å²) in [6, 6.07) is 5.44. The summed E-state index contributed by atoms with van der Waals surface area (Å²) in [5.41, 5.74) is -0.847. The van der Waals surface area contributed by atoms with Crippen LogP contribution in [0.1, 0.15) is 36.5 Å². The van der Waals surface area contributed by atoms with Crippen LogP contribution >= 0.6 is 0 Å². The minimum atomic E-state index is -0.918. The molecular formula is C26H25F3N2O5. The molecule has 2 aromatic carbocycles. The van der Waals surface area contributed by atoms with Crippen molar-refractivity contribution in [2.45, 2.75) is 32.0 Å². The maximum atomic E-state index is 15.4. The molecular weight excluding hydrogens is 477 g/mol. The molecule has 0 radical (unpaired) electrons. The Hall–Kier alpha value is -3.37. The fourth-order valence-electron chi connectivity index (χ4n) is 4.80. The number of anilines is 1. The molecule has 0 N–H and O–H groups in total. The van der Waals surface area contributed by atoms with E-state index in [1.807, 2.05) is 4.90 Å². The maximum Gasteiger partial charge on any atom is 0.343 e. The maximum absolute atomic E-state index is 15.4. The van der Waals surface area contributed by atoms with Crippen molar-refractivity contribution < 1.29 is 32.2 Å². The quantitative estimate of drug-likeness (QED) is 0.495. The molecule has 3 heterocycles. The summed E-state index contributed by atoms with van der Waals surface area (Å²) in [6.45, 7) is 3.70. The Morgan fingerprint density at radius 1 is 1.03 bits per heavy atom. The van der Waals surface area contributed by atoms with Gasteiger partial charge in [-0.3, -0.25) is 4.79 Å². The number of nitrogens with zero attached hydrogens (tertiary/aromatic N) is 2. The number of piperidine rings is 1. The van der Waals surface area contributed by atoms with Gasteiger partial charge in [-0.25, -0.2) is 18.0 Å². The van der Waals surface area contributed by atoms with Crippen LogP contribution in [0.25, 0.3) is 16.6 Å². The molecule has 2 aliphatic heterocycles. The van der Waals surface area contributed by atoms with Crippen molar-refractivity contribution in [3.05, 3.63) is 69.8 Å². The second-order valence-corrected chi connectivity index (χ2v) is 8.83. The summed E-state index contributed by atoms with van der Waals surface area (Å²) in [4.78, 5) is 27.4. The third-order valence-corrected chi connectivity index (χ3v) is 6.62. The summed E-state index contributed by atoms with van der Waals surface area (Å²) >= 11 is 0. The highest BCUT2D eigenvalue weighted by Gasteiger charge is 2.39. The minimum Gasteiger partial charge on any atom is -0.462 e. The molecule has 5 rings (SSSR count). The molecule has 1 spiro atoms. The Kier molecular flexibility index (Phi) is 6.48. The average molecular weight is 502 g/mol. The Labute approximate surface area is 205 Å². The largest absolute Gasteiger partial charge is 0.462 e. The van der Waals surface area contributed by atoms with E-state index in [2.05, 4.69) is 0 Å². The standard InChI is InChI=1S/C26H25F3N2O5/c1-2-34-25(33)18-15-31(21-5-4-16(27)12-19(21)28)22-14-23(20(29)13-17(22)24(18)32)30-8-6-26(7-9-30)35-10-3-11-36-26/h4-5,12-15H,2-3,6-11H2,1H3. The highest BCUT2D eigenvalue weighted by molar-refractivity contribution is 5.95. The van der Waals surface area contributed by atoms with E-state index < -0.39 is 34.6 Å². The van der Waals surface area contributed by atoms with E-state index in [0.29, 0.717) is 45.2 Å². The van der Waals surface area contributed by atoms with Gasteiger partial charge in [0.1, 0.15) is 23.0 Å². The molecule has 3 aromatic rings. The number of benzene rings is 2. The molecule has 2 aliphatic rings. The van der Waals surface area contributed by atoms with Crippen molar-refractivity contribution in [3.63, 3.8) is 0 Å². The lowest BCUT2D eigenvalue weighted by Gasteiger charge is -2.44. The van der Waals surface area contributed by atoms with E-state index in [1.165, 1.54) is 16.7 Å². The topological polar surface area (TPSA) is 70.0 Å². The zero-order chi connectivity index (χ0) is 25.4. The molecule has 2 saturated heterocycles. The molecule has 0 atom stereocenters. The predicted molar refractivity (Wildman–Crippen MR) is 126 cm³/mol. The van der Waals surface area contributed by atoms with Gasteiger partial charge in [0.2, 0.25) is 5.43 Å². The lowest BCUT2D eigenvalue weighted by molar-refractivity contribution is -0.275. The molecule has 0 saturated carbocycles. The van der Waals surface area contributed by atoms with Crippen LogP contribution in [-0.2, 0) is 14.2 Å². The van der Waals surface area contributed by atoms with Crippen LogP contribution in [0.2, 0.25) is 0 Å². The number of carbonyl (C=O) groups excluding carboxylic acids is 1. The van der Waals surface area contributed by atoms with Gasteiger partial charge in [0, 0.05) is 43.6 Å². The van der Waals surface area contributed by atoms with Crippen molar-refractivity contribution in [3.8, 4) is 5.69 Å². The molecule has 2 fully saturated rings. The molecule has 0 unspecified atom stereocenters. The smallest absolute Gasteiger partial charge is 0.343 e. The Balaban J connectivity index is 1.63. The number of rotatable bonds is 4. The highest BCUT2D eigenvalue weighted by atomic mass is 19.1. The van der Waals surface area contributed by atoms with E-state index in [-0.39, 0.29) is 34.4 Å². The van der Waals surface area contributed by atoms with Crippen LogP contribution in [0.3, 0.4) is 0 Å². The third kappa shape index (κ3) is 4.35. The molecule has 7 nitrogen and oxygen atoms in total. The highest BCUT2D eigenvalue weighted by Crippen LogP contribution is 2.35. The lowest BCUT2D eigenvalue weighted by Crippen LogP contribution is -2.50. The second kappa shape index (κ2) is 9.59. The molecule has 10 heteroatoms.